The number of benzene rings is 1. The van der Waals surface area contributed by atoms with Crippen molar-refractivity contribution in [2.45, 2.75) is 56.0 Å². The molecule has 3 unspecified atom stereocenters. The number of nitrogens with zero attached hydrogens (tertiary/aromatic N) is 2. The number of fused-ring (bicyclic) bond motifs is 1. The Bertz CT molecular complexity index is 692. The van der Waals surface area contributed by atoms with Crippen molar-refractivity contribution in [3.05, 3.63) is 23.8 Å². The molecule has 5 heteroatoms. The average Bonchev–Trinajstić information content (AvgIpc) is 3.25. The number of carbonyl (C=O) groups is 1. The SMILES string of the molecule is COc1ccc(C23CCC(N4CCCC4=O)CC2N(C)CC3)cc1OC. The highest BCUT2D eigenvalue weighted by Gasteiger charge is 2.51. The van der Waals surface area contributed by atoms with Crippen LogP contribution in [0.1, 0.15) is 44.1 Å². The van der Waals surface area contributed by atoms with E-state index in [1.807, 2.05) is 6.07 Å². The van der Waals surface area contributed by atoms with E-state index in [9.17, 15) is 4.79 Å². The van der Waals surface area contributed by atoms with Gasteiger partial charge in [0.25, 0.3) is 0 Å². The Labute approximate surface area is 156 Å². The van der Waals surface area contributed by atoms with Crippen LogP contribution in [0.5, 0.6) is 11.5 Å². The maximum atomic E-state index is 12.2. The second kappa shape index (κ2) is 6.76. The lowest BCUT2D eigenvalue weighted by atomic mass is 9.65. The number of amides is 1. The smallest absolute Gasteiger partial charge is 0.222 e. The van der Waals surface area contributed by atoms with E-state index in [1.165, 1.54) is 12.0 Å². The molecule has 5 nitrogen and oxygen atoms in total. The lowest BCUT2D eigenvalue weighted by Crippen LogP contribution is -2.52. The summed E-state index contributed by atoms with van der Waals surface area (Å²) in [6.45, 7) is 2.06. The number of carbonyl (C=O) groups excluding carboxylic acids is 1. The van der Waals surface area contributed by atoms with Crippen LogP contribution < -0.4 is 9.47 Å². The first kappa shape index (κ1) is 17.7. The van der Waals surface area contributed by atoms with Crippen molar-refractivity contribution in [2.75, 3.05) is 34.4 Å². The minimum atomic E-state index is 0.160. The van der Waals surface area contributed by atoms with E-state index in [-0.39, 0.29) is 5.41 Å². The molecule has 1 saturated carbocycles. The van der Waals surface area contributed by atoms with Crippen molar-refractivity contribution in [2.24, 2.45) is 0 Å². The number of hydrogen-bond acceptors (Lipinski definition) is 4. The molecule has 0 spiro atoms. The molecule has 1 amide bonds. The summed E-state index contributed by atoms with van der Waals surface area (Å²) in [4.78, 5) is 16.9. The van der Waals surface area contributed by atoms with E-state index in [1.54, 1.807) is 14.2 Å². The Balaban J connectivity index is 1.64. The van der Waals surface area contributed by atoms with Crippen molar-refractivity contribution < 1.29 is 14.3 Å². The molecule has 1 aromatic rings. The number of rotatable bonds is 4. The molecule has 0 radical (unpaired) electrons. The minimum absolute atomic E-state index is 0.160. The van der Waals surface area contributed by atoms with Crippen molar-refractivity contribution in [1.29, 1.82) is 0 Å². The quantitative estimate of drug-likeness (QED) is 0.830. The zero-order valence-electron chi connectivity index (χ0n) is 16.2. The third-order valence-corrected chi connectivity index (χ3v) is 7.01. The van der Waals surface area contributed by atoms with Crippen molar-refractivity contribution in [1.82, 2.24) is 9.80 Å². The van der Waals surface area contributed by atoms with Crippen LogP contribution in [-0.4, -0.2) is 62.1 Å². The molecule has 26 heavy (non-hydrogen) atoms. The number of likely N-dealkylation sites (N-methyl/N-ethyl adjacent to an activating group) is 1. The molecule has 2 aliphatic heterocycles. The maximum absolute atomic E-state index is 12.2. The van der Waals surface area contributed by atoms with Crippen LogP contribution in [0.15, 0.2) is 18.2 Å². The summed E-state index contributed by atoms with van der Waals surface area (Å²) < 4.78 is 11.0. The summed E-state index contributed by atoms with van der Waals surface area (Å²) in [5, 5.41) is 0. The first-order valence-electron chi connectivity index (χ1n) is 9.81. The van der Waals surface area contributed by atoms with Gasteiger partial charge in [-0.15, -0.1) is 0 Å². The molecular formula is C21H30N2O3. The zero-order chi connectivity index (χ0) is 18.3. The van der Waals surface area contributed by atoms with Gasteiger partial charge in [-0.1, -0.05) is 6.07 Å². The molecule has 0 aromatic heterocycles. The lowest BCUT2D eigenvalue weighted by molar-refractivity contribution is -0.130. The van der Waals surface area contributed by atoms with E-state index < -0.39 is 0 Å². The highest BCUT2D eigenvalue weighted by molar-refractivity contribution is 5.78. The van der Waals surface area contributed by atoms with E-state index in [4.69, 9.17) is 9.47 Å². The predicted molar refractivity (Wildman–Crippen MR) is 101 cm³/mol. The highest BCUT2D eigenvalue weighted by atomic mass is 16.5. The maximum Gasteiger partial charge on any atom is 0.222 e. The Kier molecular flexibility index (Phi) is 4.59. The molecule has 142 valence electrons. The van der Waals surface area contributed by atoms with Gasteiger partial charge in [-0.05, 0) is 63.4 Å². The molecule has 4 rings (SSSR count). The van der Waals surface area contributed by atoms with Gasteiger partial charge in [-0.25, -0.2) is 0 Å². The first-order chi connectivity index (χ1) is 12.6. The predicted octanol–water partition coefficient (Wildman–Crippen LogP) is 2.82. The molecule has 3 fully saturated rings. The van der Waals surface area contributed by atoms with Gasteiger partial charge in [-0.3, -0.25) is 4.79 Å². The van der Waals surface area contributed by atoms with Gasteiger partial charge in [0.05, 0.1) is 14.2 Å². The summed E-state index contributed by atoms with van der Waals surface area (Å²) in [7, 11) is 5.62. The van der Waals surface area contributed by atoms with Crippen LogP contribution in [0.3, 0.4) is 0 Å². The number of ether oxygens (including phenoxy) is 2. The summed E-state index contributed by atoms with van der Waals surface area (Å²) >= 11 is 0. The fraction of sp³-hybridized carbons (Fsp3) is 0.667. The van der Waals surface area contributed by atoms with Gasteiger partial charge in [-0.2, -0.15) is 0 Å². The minimum Gasteiger partial charge on any atom is -0.493 e. The summed E-state index contributed by atoms with van der Waals surface area (Å²) in [6, 6.07) is 7.31. The number of likely N-dealkylation sites (tertiary alicyclic amines) is 2. The molecule has 3 aliphatic rings. The van der Waals surface area contributed by atoms with E-state index in [0.717, 1.165) is 56.7 Å². The number of methoxy groups -OCH3 is 2. The third kappa shape index (κ3) is 2.68. The molecule has 3 atom stereocenters. The summed E-state index contributed by atoms with van der Waals surface area (Å²) in [5.74, 6) is 1.95. The van der Waals surface area contributed by atoms with E-state index >= 15 is 0 Å². The lowest BCUT2D eigenvalue weighted by Gasteiger charge is -2.47. The molecule has 0 N–H and O–H groups in total. The van der Waals surface area contributed by atoms with Gasteiger partial charge in [0.15, 0.2) is 11.5 Å². The van der Waals surface area contributed by atoms with Gasteiger partial charge >= 0.3 is 0 Å². The Morgan fingerprint density at radius 3 is 2.62 bits per heavy atom. The van der Waals surface area contributed by atoms with Crippen LogP contribution >= 0.6 is 0 Å². The number of hydrogen-bond donors (Lipinski definition) is 0. The first-order valence-corrected chi connectivity index (χ1v) is 9.81. The fourth-order valence-corrected chi connectivity index (χ4v) is 5.58. The Morgan fingerprint density at radius 2 is 1.92 bits per heavy atom. The summed E-state index contributed by atoms with van der Waals surface area (Å²) in [6.07, 6.45) is 6.24. The second-order valence-corrected chi connectivity index (χ2v) is 8.09. The van der Waals surface area contributed by atoms with Gasteiger partial charge in [0.1, 0.15) is 0 Å². The standard InChI is InChI=1S/C21H30N2O3/c1-22-12-10-21(15-6-7-17(25-2)18(13-15)26-3)9-8-16(14-19(21)22)23-11-4-5-20(23)24/h6-7,13,16,19H,4-5,8-12,14H2,1-3H3. The van der Waals surface area contributed by atoms with Crippen molar-refractivity contribution in [3.8, 4) is 11.5 Å². The van der Waals surface area contributed by atoms with Crippen LogP contribution in [0.2, 0.25) is 0 Å². The van der Waals surface area contributed by atoms with Crippen LogP contribution in [0.25, 0.3) is 0 Å². The average molecular weight is 358 g/mol. The Hall–Kier alpha value is -1.75. The summed E-state index contributed by atoms with van der Waals surface area (Å²) in [5.41, 5.74) is 1.52. The highest BCUT2D eigenvalue weighted by Crippen LogP contribution is 2.50. The van der Waals surface area contributed by atoms with Gasteiger partial charge in [0, 0.05) is 30.5 Å². The molecule has 2 heterocycles. The zero-order valence-corrected chi connectivity index (χ0v) is 16.2. The van der Waals surface area contributed by atoms with Gasteiger partial charge < -0.3 is 19.3 Å². The Morgan fingerprint density at radius 1 is 1.12 bits per heavy atom. The van der Waals surface area contributed by atoms with Crippen LogP contribution in [-0.2, 0) is 10.2 Å². The molecular weight excluding hydrogens is 328 g/mol. The van der Waals surface area contributed by atoms with Crippen molar-refractivity contribution in [3.63, 3.8) is 0 Å². The molecule has 1 aliphatic carbocycles. The second-order valence-electron chi connectivity index (χ2n) is 8.09. The monoisotopic (exact) mass is 358 g/mol. The third-order valence-electron chi connectivity index (χ3n) is 7.01. The molecule has 0 bridgehead atoms. The van der Waals surface area contributed by atoms with Gasteiger partial charge in [0.2, 0.25) is 5.91 Å². The molecule has 2 saturated heterocycles. The van der Waals surface area contributed by atoms with E-state index in [0.29, 0.717) is 18.0 Å². The van der Waals surface area contributed by atoms with E-state index in [2.05, 4.69) is 29.0 Å². The van der Waals surface area contributed by atoms with Crippen LogP contribution in [0, 0.1) is 0 Å². The normalized spacial score (nSPS) is 32.0. The van der Waals surface area contributed by atoms with Crippen molar-refractivity contribution >= 4 is 5.91 Å². The largest absolute Gasteiger partial charge is 0.493 e. The van der Waals surface area contributed by atoms with Crippen LogP contribution in [0.4, 0.5) is 0 Å². The fourth-order valence-electron chi connectivity index (χ4n) is 5.58. The molecule has 1 aromatic carbocycles. The topological polar surface area (TPSA) is 42.0 Å².